The molecule has 1 N–H and O–H groups in total. The summed E-state index contributed by atoms with van der Waals surface area (Å²) >= 11 is 1.72. The highest BCUT2D eigenvalue weighted by Crippen LogP contribution is 2.34. The van der Waals surface area contributed by atoms with E-state index in [1.807, 2.05) is 5.51 Å². The number of aryl methyl sites for hydroxylation is 2. The van der Waals surface area contributed by atoms with E-state index in [1.54, 1.807) is 18.4 Å². The molecule has 0 radical (unpaired) electrons. The molecule has 3 nitrogen and oxygen atoms in total. The van der Waals surface area contributed by atoms with E-state index < -0.39 is 0 Å². The standard InChI is InChI=1S/C15H18N2OS/c1-10-15(19-9-17-10)8-16-14-6-4-11-3-5-12(18-2)7-13(11)14/h3,5,7,9,14,16H,4,6,8H2,1-2H3. The minimum atomic E-state index is 0.437. The van der Waals surface area contributed by atoms with E-state index in [0.717, 1.165) is 24.4 Å². The topological polar surface area (TPSA) is 34.1 Å². The smallest absolute Gasteiger partial charge is 0.119 e. The highest BCUT2D eigenvalue weighted by atomic mass is 32.1. The SMILES string of the molecule is COc1ccc2c(c1)C(NCc1scnc1C)CC2. The molecule has 2 aromatic rings. The van der Waals surface area contributed by atoms with Gasteiger partial charge in [0, 0.05) is 17.5 Å². The molecule has 0 saturated carbocycles. The second kappa shape index (κ2) is 5.31. The van der Waals surface area contributed by atoms with Crippen molar-refractivity contribution in [3.63, 3.8) is 0 Å². The lowest BCUT2D eigenvalue weighted by Gasteiger charge is -2.14. The predicted octanol–water partition coefficient (Wildman–Crippen LogP) is 3.24. The molecule has 19 heavy (non-hydrogen) atoms. The lowest BCUT2D eigenvalue weighted by atomic mass is 10.1. The molecule has 1 atom stereocenters. The van der Waals surface area contributed by atoms with Gasteiger partial charge < -0.3 is 10.1 Å². The van der Waals surface area contributed by atoms with Crippen LogP contribution in [0.1, 0.15) is 34.2 Å². The van der Waals surface area contributed by atoms with Crippen LogP contribution in [0.15, 0.2) is 23.7 Å². The Balaban J connectivity index is 1.73. The van der Waals surface area contributed by atoms with Crippen LogP contribution in [0.3, 0.4) is 0 Å². The quantitative estimate of drug-likeness (QED) is 0.929. The van der Waals surface area contributed by atoms with Gasteiger partial charge in [0.05, 0.1) is 18.3 Å². The second-order valence-electron chi connectivity index (χ2n) is 4.90. The molecule has 1 aromatic carbocycles. The maximum absolute atomic E-state index is 5.32. The number of nitrogens with zero attached hydrogens (tertiary/aromatic N) is 1. The van der Waals surface area contributed by atoms with Crippen LogP contribution in [0.2, 0.25) is 0 Å². The summed E-state index contributed by atoms with van der Waals surface area (Å²) in [5, 5.41) is 3.65. The van der Waals surface area contributed by atoms with Crippen LogP contribution in [0.5, 0.6) is 5.75 Å². The van der Waals surface area contributed by atoms with Gasteiger partial charge in [-0.1, -0.05) is 6.07 Å². The zero-order chi connectivity index (χ0) is 13.2. The number of nitrogens with one attached hydrogen (secondary N) is 1. The van der Waals surface area contributed by atoms with E-state index >= 15 is 0 Å². The Kier molecular flexibility index (Phi) is 3.53. The number of benzene rings is 1. The molecular weight excluding hydrogens is 256 g/mol. The van der Waals surface area contributed by atoms with Crippen LogP contribution in [0, 0.1) is 6.92 Å². The van der Waals surface area contributed by atoms with Crippen molar-refractivity contribution < 1.29 is 4.74 Å². The normalized spacial score (nSPS) is 17.5. The molecule has 3 rings (SSSR count). The minimum absolute atomic E-state index is 0.437. The third-order valence-electron chi connectivity index (χ3n) is 3.78. The summed E-state index contributed by atoms with van der Waals surface area (Å²) in [6.45, 7) is 2.97. The maximum Gasteiger partial charge on any atom is 0.119 e. The third-order valence-corrected chi connectivity index (χ3v) is 4.72. The van der Waals surface area contributed by atoms with E-state index in [2.05, 4.69) is 35.4 Å². The summed E-state index contributed by atoms with van der Waals surface area (Å²) in [5.74, 6) is 0.946. The summed E-state index contributed by atoms with van der Waals surface area (Å²) in [5.41, 5.74) is 5.89. The molecule has 100 valence electrons. The van der Waals surface area contributed by atoms with Gasteiger partial charge in [0.1, 0.15) is 5.75 Å². The predicted molar refractivity (Wildman–Crippen MR) is 77.7 cm³/mol. The highest BCUT2D eigenvalue weighted by molar-refractivity contribution is 7.09. The van der Waals surface area contributed by atoms with Gasteiger partial charge in [-0.25, -0.2) is 4.98 Å². The molecule has 0 saturated heterocycles. The summed E-state index contributed by atoms with van der Waals surface area (Å²) in [6, 6.07) is 6.84. The largest absolute Gasteiger partial charge is 0.497 e. The lowest BCUT2D eigenvalue weighted by molar-refractivity contribution is 0.413. The fraction of sp³-hybridized carbons (Fsp3) is 0.400. The van der Waals surface area contributed by atoms with Crippen molar-refractivity contribution >= 4 is 11.3 Å². The molecule has 0 bridgehead atoms. The molecule has 0 spiro atoms. The molecule has 1 unspecified atom stereocenters. The average Bonchev–Trinajstić information content (AvgIpc) is 3.02. The van der Waals surface area contributed by atoms with Crippen molar-refractivity contribution in [1.82, 2.24) is 10.3 Å². The monoisotopic (exact) mass is 274 g/mol. The molecule has 1 heterocycles. The van der Waals surface area contributed by atoms with Gasteiger partial charge in [0.25, 0.3) is 0 Å². The van der Waals surface area contributed by atoms with Gasteiger partial charge in [0.15, 0.2) is 0 Å². The van der Waals surface area contributed by atoms with Gasteiger partial charge >= 0.3 is 0 Å². The Hall–Kier alpha value is -1.39. The van der Waals surface area contributed by atoms with Crippen LogP contribution >= 0.6 is 11.3 Å². The van der Waals surface area contributed by atoms with E-state index in [-0.39, 0.29) is 0 Å². The Labute approximate surface area is 117 Å². The molecule has 0 aliphatic heterocycles. The number of hydrogen-bond acceptors (Lipinski definition) is 4. The highest BCUT2D eigenvalue weighted by Gasteiger charge is 2.22. The van der Waals surface area contributed by atoms with Crippen LogP contribution in [0.25, 0.3) is 0 Å². The summed E-state index contributed by atoms with van der Waals surface area (Å²) < 4.78 is 5.32. The molecule has 4 heteroatoms. The second-order valence-corrected chi connectivity index (χ2v) is 5.84. The van der Waals surface area contributed by atoms with Crippen LogP contribution in [-0.4, -0.2) is 12.1 Å². The Bertz CT molecular complexity index is 579. The number of aromatic nitrogens is 1. The minimum Gasteiger partial charge on any atom is -0.497 e. The van der Waals surface area contributed by atoms with E-state index in [9.17, 15) is 0 Å². The van der Waals surface area contributed by atoms with Crippen LogP contribution < -0.4 is 10.1 Å². The number of fused-ring (bicyclic) bond motifs is 1. The molecule has 1 aromatic heterocycles. The Morgan fingerprint density at radius 1 is 1.47 bits per heavy atom. The number of methoxy groups -OCH3 is 1. The third kappa shape index (κ3) is 2.51. The average molecular weight is 274 g/mol. The van der Waals surface area contributed by atoms with Crippen molar-refractivity contribution in [2.75, 3.05) is 7.11 Å². The zero-order valence-electron chi connectivity index (χ0n) is 11.3. The summed E-state index contributed by atoms with van der Waals surface area (Å²) in [4.78, 5) is 5.62. The fourth-order valence-electron chi connectivity index (χ4n) is 2.63. The van der Waals surface area contributed by atoms with E-state index in [1.165, 1.54) is 22.4 Å². The first-order chi connectivity index (χ1) is 9.28. The first-order valence-corrected chi connectivity index (χ1v) is 7.45. The first-order valence-electron chi connectivity index (χ1n) is 6.57. The Morgan fingerprint density at radius 2 is 2.37 bits per heavy atom. The summed E-state index contributed by atoms with van der Waals surface area (Å²) in [7, 11) is 1.72. The molecule has 0 fully saturated rings. The van der Waals surface area contributed by atoms with Gasteiger partial charge in [-0.3, -0.25) is 0 Å². The van der Waals surface area contributed by atoms with Crippen molar-refractivity contribution in [3.05, 3.63) is 45.4 Å². The van der Waals surface area contributed by atoms with E-state index in [0.29, 0.717) is 6.04 Å². The van der Waals surface area contributed by atoms with E-state index in [4.69, 9.17) is 4.74 Å². The Morgan fingerprint density at radius 3 is 3.11 bits per heavy atom. The van der Waals surface area contributed by atoms with Gasteiger partial charge in [-0.15, -0.1) is 11.3 Å². The molecule has 1 aliphatic rings. The lowest BCUT2D eigenvalue weighted by Crippen LogP contribution is -2.18. The zero-order valence-corrected chi connectivity index (χ0v) is 12.1. The number of hydrogen-bond donors (Lipinski definition) is 1. The number of thiazole rings is 1. The summed E-state index contributed by atoms with van der Waals surface area (Å²) in [6.07, 6.45) is 2.32. The molecule has 1 aliphatic carbocycles. The van der Waals surface area contributed by atoms with Crippen LogP contribution in [0.4, 0.5) is 0 Å². The van der Waals surface area contributed by atoms with Crippen LogP contribution in [-0.2, 0) is 13.0 Å². The number of ether oxygens (including phenoxy) is 1. The fourth-order valence-corrected chi connectivity index (χ4v) is 3.36. The van der Waals surface area contributed by atoms with Crippen molar-refractivity contribution in [1.29, 1.82) is 0 Å². The first kappa shape index (κ1) is 12.6. The van der Waals surface area contributed by atoms with Gasteiger partial charge in [-0.2, -0.15) is 0 Å². The van der Waals surface area contributed by atoms with Gasteiger partial charge in [-0.05, 0) is 43.0 Å². The van der Waals surface area contributed by atoms with Crippen molar-refractivity contribution in [3.8, 4) is 5.75 Å². The molecular formula is C15H18N2OS. The maximum atomic E-state index is 5.32. The van der Waals surface area contributed by atoms with Gasteiger partial charge in [0.2, 0.25) is 0 Å². The van der Waals surface area contributed by atoms with Crippen molar-refractivity contribution in [2.45, 2.75) is 32.4 Å². The molecule has 0 amide bonds. The number of rotatable bonds is 4. The van der Waals surface area contributed by atoms with Crippen molar-refractivity contribution in [2.24, 2.45) is 0 Å².